The maximum absolute atomic E-state index is 12.7. The zero-order valence-electron chi connectivity index (χ0n) is 11.0. The van der Waals surface area contributed by atoms with Gasteiger partial charge in [-0.1, -0.05) is 12.8 Å². The molecule has 1 saturated carbocycles. The summed E-state index contributed by atoms with van der Waals surface area (Å²) in [6.45, 7) is 1.96. The van der Waals surface area contributed by atoms with Crippen LogP contribution in [0, 0.1) is 11.3 Å². The van der Waals surface area contributed by atoms with Gasteiger partial charge < -0.3 is 10.6 Å². The number of hydrogen-bond donors (Lipinski definition) is 2. The van der Waals surface area contributed by atoms with Gasteiger partial charge in [-0.25, -0.2) is 0 Å². The lowest BCUT2D eigenvalue weighted by Gasteiger charge is -2.38. The van der Waals surface area contributed by atoms with Crippen LogP contribution in [0.15, 0.2) is 0 Å². The molecule has 2 heterocycles. The van der Waals surface area contributed by atoms with Crippen molar-refractivity contribution in [2.24, 2.45) is 11.3 Å². The largest absolute Gasteiger partial charge is 0.353 e. The Hall–Kier alpha value is -0.220. The second-order valence-electron chi connectivity index (χ2n) is 6.09. The van der Waals surface area contributed by atoms with Gasteiger partial charge in [0.1, 0.15) is 0 Å². The summed E-state index contributed by atoms with van der Waals surface area (Å²) in [5, 5.41) is 6.82. The minimum Gasteiger partial charge on any atom is -0.353 e. The highest BCUT2D eigenvalue weighted by Gasteiger charge is 2.50. The number of fused-ring (bicyclic) bond motifs is 1. The van der Waals surface area contributed by atoms with Crippen LogP contribution in [-0.2, 0) is 4.79 Å². The SMILES string of the molecule is O=C(NC1CCSCC1)[C@@]12CCCC[C@H]1CNC2. The zero-order chi connectivity index (χ0) is 12.4. The molecule has 2 atom stereocenters. The molecular weight excluding hydrogens is 244 g/mol. The molecule has 0 aromatic carbocycles. The maximum Gasteiger partial charge on any atom is 0.228 e. The zero-order valence-corrected chi connectivity index (χ0v) is 11.9. The van der Waals surface area contributed by atoms with Gasteiger partial charge in [0.15, 0.2) is 0 Å². The molecule has 0 radical (unpaired) electrons. The van der Waals surface area contributed by atoms with Crippen LogP contribution >= 0.6 is 11.8 Å². The summed E-state index contributed by atoms with van der Waals surface area (Å²) >= 11 is 2.02. The Balaban J connectivity index is 1.66. The molecule has 18 heavy (non-hydrogen) atoms. The van der Waals surface area contributed by atoms with E-state index in [1.54, 1.807) is 0 Å². The van der Waals surface area contributed by atoms with Crippen molar-refractivity contribution in [3.63, 3.8) is 0 Å². The maximum atomic E-state index is 12.7. The summed E-state index contributed by atoms with van der Waals surface area (Å²) in [5.74, 6) is 3.36. The van der Waals surface area contributed by atoms with Gasteiger partial charge in [-0.2, -0.15) is 11.8 Å². The average molecular weight is 268 g/mol. The summed E-state index contributed by atoms with van der Waals surface area (Å²) in [5.41, 5.74) is -0.0666. The first-order valence-electron chi connectivity index (χ1n) is 7.41. The van der Waals surface area contributed by atoms with E-state index in [0.717, 1.165) is 32.4 Å². The molecule has 0 spiro atoms. The lowest BCUT2D eigenvalue weighted by Crippen LogP contribution is -2.51. The van der Waals surface area contributed by atoms with E-state index in [9.17, 15) is 4.79 Å². The van der Waals surface area contributed by atoms with Gasteiger partial charge in [0.25, 0.3) is 0 Å². The number of amides is 1. The van der Waals surface area contributed by atoms with Gasteiger partial charge in [-0.05, 0) is 49.7 Å². The van der Waals surface area contributed by atoms with Crippen LogP contribution in [0.3, 0.4) is 0 Å². The molecule has 0 unspecified atom stereocenters. The molecule has 0 aromatic heterocycles. The van der Waals surface area contributed by atoms with Gasteiger partial charge in [0.05, 0.1) is 5.41 Å². The molecule has 0 bridgehead atoms. The molecule has 4 heteroatoms. The fraction of sp³-hybridized carbons (Fsp3) is 0.929. The molecule has 0 aromatic rings. The highest BCUT2D eigenvalue weighted by Crippen LogP contribution is 2.44. The van der Waals surface area contributed by atoms with E-state index in [0.29, 0.717) is 17.9 Å². The average Bonchev–Trinajstić information content (AvgIpc) is 2.85. The first-order valence-corrected chi connectivity index (χ1v) is 8.56. The fourth-order valence-electron chi connectivity index (χ4n) is 3.86. The third-order valence-corrected chi connectivity index (χ3v) is 6.10. The third-order valence-electron chi connectivity index (χ3n) is 5.05. The topological polar surface area (TPSA) is 41.1 Å². The lowest BCUT2D eigenvalue weighted by molar-refractivity contribution is -0.134. The van der Waals surface area contributed by atoms with Gasteiger partial charge in [-0.3, -0.25) is 4.79 Å². The van der Waals surface area contributed by atoms with Gasteiger partial charge >= 0.3 is 0 Å². The van der Waals surface area contributed by atoms with Crippen molar-refractivity contribution in [3.05, 3.63) is 0 Å². The molecular formula is C14H24N2OS. The number of carbonyl (C=O) groups is 1. The van der Waals surface area contributed by atoms with E-state index in [1.807, 2.05) is 11.8 Å². The summed E-state index contributed by atoms with van der Waals surface area (Å²) in [4.78, 5) is 12.7. The number of carbonyl (C=O) groups excluding carboxylic acids is 1. The van der Waals surface area contributed by atoms with Crippen LogP contribution in [0.2, 0.25) is 0 Å². The number of thioether (sulfide) groups is 1. The highest BCUT2D eigenvalue weighted by molar-refractivity contribution is 7.99. The Bertz CT molecular complexity index is 317. The minimum absolute atomic E-state index is 0.0666. The van der Waals surface area contributed by atoms with Gasteiger partial charge in [-0.15, -0.1) is 0 Å². The molecule has 3 rings (SSSR count). The molecule has 102 valence electrons. The van der Waals surface area contributed by atoms with Crippen molar-refractivity contribution >= 4 is 17.7 Å². The highest BCUT2D eigenvalue weighted by atomic mass is 32.2. The van der Waals surface area contributed by atoms with Crippen molar-refractivity contribution in [1.82, 2.24) is 10.6 Å². The van der Waals surface area contributed by atoms with Crippen LogP contribution in [0.25, 0.3) is 0 Å². The second-order valence-corrected chi connectivity index (χ2v) is 7.31. The number of rotatable bonds is 2. The van der Waals surface area contributed by atoms with Crippen LogP contribution in [0.4, 0.5) is 0 Å². The van der Waals surface area contributed by atoms with E-state index < -0.39 is 0 Å². The van der Waals surface area contributed by atoms with Crippen molar-refractivity contribution in [1.29, 1.82) is 0 Å². The molecule has 2 saturated heterocycles. The van der Waals surface area contributed by atoms with E-state index in [-0.39, 0.29) is 5.41 Å². The first kappa shape index (κ1) is 12.8. The lowest BCUT2D eigenvalue weighted by atomic mass is 9.67. The standard InChI is InChI=1S/C14H24N2OS/c17-13(16-12-4-7-18-8-5-12)14-6-2-1-3-11(14)9-15-10-14/h11-12,15H,1-10H2,(H,16,17)/t11-,14+/m0/s1. The quantitative estimate of drug-likeness (QED) is 0.802. The Morgan fingerprint density at radius 3 is 2.89 bits per heavy atom. The summed E-state index contributed by atoms with van der Waals surface area (Å²) < 4.78 is 0. The summed E-state index contributed by atoms with van der Waals surface area (Å²) in [6.07, 6.45) is 7.18. The van der Waals surface area contributed by atoms with E-state index in [4.69, 9.17) is 0 Å². The van der Waals surface area contributed by atoms with Crippen molar-refractivity contribution in [2.75, 3.05) is 24.6 Å². The molecule has 2 N–H and O–H groups in total. The third kappa shape index (κ3) is 2.29. The Morgan fingerprint density at radius 1 is 1.22 bits per heavy atom. The molecule has 3 aliphatic rings. The van der Waals surface area contributed by atoms with E-state index >= 15 is 0 Å². The first-order chi connectivity index (χ1) is 8.81. The molecule has 3 nitrogen and oxygen atoms in total. The van der Waals surface area contributed by atoms with Crippen LogP contribution in [-0.4, -0.2) is 36.5 Å². The predicted molar refractivity (Wildman–Crippen MR) is 75.8 cm³/mol. The summed E-state index contributed by atoms with van der Waals surface area (Å²) in [7, 11) is 0. The number of hydrogen-bond acceptors (Lipinski definition) is 3. The molecule has 1 aliphatic carbocycles. The van der Waals surface area contributed by atoms with E-state index in [2.05, 4.69) is 10.6 Å². The smallest absolute Gasteiger partial charge is 0.228 e. The Kier molecular flexibility index (Phi) is 3.85. The monoisotopic (exact) mass is 268 g/mol. The van der Waals surface area contributed by atoms with Gasteiger partial charge in [0.2, 0.25) is 5.91 Å². The van der Waals surface area contributed by atoms with Crippen molar-refractivity contribution in [2.45, 2.75) is 44.6 Å². The molecule has 1 amide bonds. The molecule has 2 aliphatic heterocycles. The fourth-order valence-corrected chi connectivity index (χ4v) is 4.97. The number of nitrogens with one attached hydrogen (secondary N) is 2. The minimum atomic E-state index is -0.0666. The summed E-state index contributed by atoms with van der Waals surface area (Å²) in [6, 6.07) is 0.441. The Labute approximate surface area is 114 Å². The normalized spacial score (nSPS) is 37.2. The second kappa shape index (κ2) is 5.41. The van der Waals surface area contributed by atoms with Crippen molar-refractivity contribution in [3.8, 4) is 0 Å². The van der Waals surface area contributed by atoms with Crippen LogP contribution in [0.1, 0.15) is 38.5 Å². The van der Waals surface area contributed by atoms with Crippen LogP contribution in [0.5, 0.6) is 0 Å². The van der Waals surface area contributed by atoms with Gasteiger partial charge in [0, 0.05) is 12.6 Å². The van der Waals surface area contributed by atoms with E-state index in [1.165, 1.54) is 30.8 Å². The predicted octanol–water partition coefficient (Wildman–Crippen LogP) is 1.78. The van der Waals surface area contributed by atoms with Crippen molar-refractivity contribution < 1.29 is 4.79 Å². The molecule has 3 fully saturated rings. The van der Waals surface area contributed by atoms with Crippen LogP contribution < -0.4 is 10.6 Å². The Morgan fingerprint density at radius 2 is 2.06 bits per heavy atom.